The maximum absolute atomic E-state index is 12.5. The van der Waals surface area contributed by atoms with Crippen molar-refractivity contribution in [3.8, 4) is 0 Å². The molecule has 2 amide bonds. The van der Waals surface area contributed by atoms with Crippen molar-refractivity contribution >= 4 is 11.8 Å². The Morgan fingerprint density at radius 3 is 2.68 bits per heavy atom. The first-order chi connectivity index (χ1) is 10.7. The van der Waals surface area contributed by atoms with Crippen molar-refractivity contribution in [2.45, 2.75) is 38.4 Å². The minimum Gasteiger partial charge on any atom is -0.342 e. The molecule has 0 unspecified atom stereocenters. The van der Waals surface area contributed by atoms with Crippen LogP contribution in [-0.2, 0) is 16.1 Å². The molecule has 0 spiro atoms. The van der Waals surface area contributed by atoms with Gasteiger partial charge in [0.1, 0.15) is 12.1 Å². The minimum absolute atomic E-state index is 0.00388. The van der Waals surface area contributed by atoms with Gasteiger partial charge in [-0.2, -0.15) is 0 Å². The first kappa shape index (κ1) is 15.0. The number of fused-ring (bicyclic) bond motifs is 1. The van der Waals surface area contributed by atoms with Gasteiger partial charge >= 0.3 is 0 Å². The highest BCUT2D eigenvalue weighted by molar-refractivity contribution is 5.97. The largest absolute Gasteiger partial charge is 0.342 e. The summed E-state index contributed by atoms with van der Waals surface area (Å²) < 4.78 is 0. The monoisotopic (exact) mass is 301 g/mol. The van der Waals surface area contributed by atoms with Gasteiger partial charge in [0.15, 0.2) is 0 Å². The van der Waals surface area contributed by atoms with E-state index in [-0.39, 0.29) is 23.9 Å². The topological polar surface area (TPSA) is 52.7 Å². The lowest BCUT2D eigenvalue weighted by molar-refractivity contribution is -0.153. The Bertz CT molecular complexity index is 546. The molecule has 1 aromatic carbocycles. The van der Waals surface area contributed by atoms with E-state index < -0.39 is 0 Å². The summed E-state index contributed by atoms with van der Waals surface area (Å²) in [5.74, 6) is 0.0848. The van der Waals surface area contributed by atoms with Crippen LogP contribution in [0.15, 0.2) is 30.3 Å². The van der Waals surface area contributed by atoms with E-state index in [9.17, 15) is 9.59 Å². The molecule has 5 heteroatoms. The molecule has 118 valence electrons. The van der Waals surface area contributed by atoms with E-state index in [1.165, 1.54) is 5.56 Å². The van der Waals surface area contributed by atoms with Gasteiger partial charge in [0.2, 0.25) is 11.8 Å². The molecule has 2 fully saturated rings. The molecule has 3 rings (SSSR count). The van der Waals surface area contributed by atoms with E-state index in [0.717, 1.165) is 25.9 Å². The Hall–Kier alpha value is -1.88. The van der Waals surface area contributed by atoms with E-state index in [1.54, 1.807) is 4.90 Å². The van der Waals surface area contributed by atoms with Gasteiger partial charge in [-0.25, -0.2) is 0 Å². The Labute approximate surface area is 131 Å². The zero-order chi connectivity index (χ0) is 15.5. The minimum atomic E-state index is -0.335. The van der Waals surface area contributed by atoms with Crippen LogP contribution in [0.1, 0.15) is 25.3 Å². The fourth-order valence-corrected chi connectivity index (χ4v) is 3.33. The molecule has 2 heterocycles. The third-order valence-corrected chi connectivity index (χ3v) is 4.49. The van der Waals surface area contributed by atoms with Gasteiger partial charge in [-0.3, -0.25) is 14.5 Å². The van der Waals surface area contributed by atoms with Gasteiger partial charge in [0.05, 0.1) is 0 Å². The molecule has 0 saturated carbocycles. The highest BCUT2D eigenvalue weighted by atomic mass is 16.2. The highest BCUT2D eigenvalue weighted by Gasteiger charge is 2.42. The maximum Gasteiger partial charge on any atom is 0.245 e. The molecule has 0 radical (unpaired) electrons. The highest BCUT2D eigenvalue weighted by Crippen LogP contribution is 2.19. The molecule has 0 aromatic heterocycles. The zero-order valence-corrected chi connectivity index (χ0v) is 13.0. The average Bonchev–Trinajstić information content (AvgIpc) is 2.53. The van der Waals surface area contributed by atoms with Crippen LogP contribution in [-0.4, -0.2) is 53.3 Å². The Morgan fingerprint density at radius 1 is 1.18 bits per heavy atom. The number of hydrogen-bond acceptors (Lipinski definition) is 3. The van der Waals surface area contributed by atoms with Crippen LogP contribution in [0.5, 0.6) is 0 Å². The Morgan fingerprint density at radius 2 is 1.95 bits per heavy atom. The van der Waals surface area contributed by atoms with Crippen molar-refractivity contribution in [2.75, 3.05) is 19.6 Å². The number of carbonyl (C=O) groups excluding carboxylic acids is 2. The van der Waals surface area contributed by atoms with Crippen LogP contribution in [0.3, 0.4) is 0 Å². The van der Waals surface area contributed by atoms with Crippen molar-refractivity contribution in [1.29, 1.82) is 0 Å². The number of hydrogen-bond donors (Lipinski definition) is 1. The van der Waals surface area contributed by atoms with Crippen LogP contribution in [0, 0.1) is 0 Å². The van der Waals surface area contributed by atoms with Crippen molar-refractivity contribution < 1.29 is 9.59 Å². The standard InChI is InChI=1S/C17H23N3O2/c1-2-6-14-17(22)20-10-9-19(12-15(20)16(21)18-14)11-13-7-4-3-5-8-13/h3-5,7-8,14-15H,2,6,9-12H2,1H3,(H,18,21)/t14-,15+/m0/s1. The lowest BCUT2D eigenvalue weighted by Gasteiger charge is -2.45. The summed E-state index contributed by atoms with van der Waals surface area (Å²) in [6.07, 6.45) is 1.62. The number of nitrogens with zero attached hydrogens (tertiary/aromatic N) is 2. The fraction of sp³-hybridized carbons (Fsp3) is 0.529. The molecule has 2 atom stereocenters. The summed E-state index contributed by atoms with van der Waals surface area (Å²) >= 11 is 0. The van der Waals surface area contributed by atoms with Crippen LogP contribution < -0.4 is 5.32 Å². The number of nitrogens with one attached hydrogen (secondary N) is 1. The van der Waals surface area contributed by atoms with Crippen LogP contribution in [0.25, 0.3) is 0 Å². The molecule has 2 saturated heterocycles. The smallest absolute Gasteiger partial charge is 0.245 e. The van der Waals surface area contributed by atoms with Gasteiger partial charge in [-0.1, -0.05) is 43.7 Å². The number of piperazine rings is 2. The summed E-state index contributed by atoms with van der Waals surface area (Å²) in [7, 11) is 0. The predicted molar refractivity (Wildman–Crippen MR) is 84.1 cm³/mol. The number of benzene rings is 1. The first-order valence-electron chi connectivity index (χ1n) is 8.06. The molecule has 1 aromatic rings. The lowest BCUT2D eigenvalue weighted by Crippen LogP contribution is -2.69. The van der Waals surface area contributed by atoms with Crippen LogP contribution >= 0.6 is 0 Å². The molecule has 5 nitrogen and oxygen atoms in total. The molecule has 1 N–H and O–H groups in total. The van der Waals surface area contributed by atoms with Gasteiger partial charge in [-0.05, 0) is 12.0 Å². The number of carbonyl (C=O) groups is 2. The summed E-state index contributed by atoms with van der Waals surface area (Å²) in [6, 6.07) is 9.58. The summed E-state index contributed by atoms with van der Waals surface area (Å²) in [4.78, 5) is 28.8. The van der Waals surface area contributed by atoms with Gasteiger partial charge in [0.25, 0.3) is 0 Å². The lowest BCUT2D eigenvalue weighted by atomic mass is 10.0. The third kappa shape index (κ3) is 2.99. The van der Waals surface area contributed by atoms with E-state index >= 15 is 0 Å². The molecular formula is C17H23N3O2. The van der Waals surface area contributed by atoms with Gasteiger partial charge < -0.3 is 10.2 Å². The SMILES string of the molecule is CCC[C@@H]1NC(=O)[C@H]2CN(Cc3ccccc3)CCN2C1=O. The maximum atomic E-state index is 12.5. The second kappa shape index (κ2) is 6.48. The summed E-state index contributed by atoms with van der Waals surface area (Å²) in [6.45, 7) is 4.94. The predicted octanol–water partition coefficient (Wildman–Crippen LogP) is 0.998. The molecule has 22 heavy (non-hydrogen) atoms. The molecular weight excluding hydrogens is 278 g/mol. The van der Waals surface area contributed by atoms with Gasteiger partial charge in [-0.15, -0.1) is 0 Å². The van der Waals surface area contributed by atoms with Gasteiger partial charge in [0, 0.05) is 26.2 Å². The first-order valence-corrected chi connectivity index (χ1v) is 8.06. The zero-order valence-electron chi connectivity index (χ0n) is 13.0. The number of rotatable bonds is 4. The van der Waals surface area contributed by atoms with E-state index in [4.69, 9.17) is 0 Å². The van der Waals surface area contributed by atoms with E-state index in [2.05, 4.69) is 22.3 Å². The second-order valence-electron chi connectivity index (χ2n) is 6.12. The Kier molecular flexibility index (Phi) is 4.43. The molecule has 2 aliphatic heterocycles. The quantitative estimate of drug-likeness (QED) is 0.902. The van der Waals surface area contributed by atoms with Crippen molar-refractivity contribution in [2.24, 2.45) is 0 Å². The Balaban J connectivity index is 1.66. The normalized spacial score (nSPS) is 25.8. The second-order valence-corrected chi connectivity index (χ2v) is 6.12. The van der Waals surface area contributed by atoms with Crippen molar-refractivity contribution in [1.82, 2.24) is 15.1 Å². The van der Waals surface area contributed by atoms with Crippen LogP contribution in [0.2, 0.25) is 0 Å². The molecule has 0 aliphatic carbocycles. The summed E-state index contributed by atoms with van der Waals surface area (Å²) in [5, 5.41) is 2.89. The molecule has 2 aliphatic rings. The van der Waals surface area contributed by atoms with Crippen molar-refractivity contribution in [3.63, 3.8) is 0 Å². The van der Waals surface area contributed by atoms with E-state index in [1.807, 2.05) is 25.1 Å². The number of amides is 2. The van der Waals surface area contributed by atoms with E-state index in [0.29, 0.717) is 13.1 Å². The molecule has 0 bridgehead atoms. The van der Waals surface area contributed by atoms with Crippen LogP contribution in [0.4, 0.5) is 0 Å². The third-order valence-electron chi connectivity index (χ3n) is 4.49. The van der Waals surface area contributed by atoms with Crippen molar-refractivity contribution in [3.05, 3.63) is 35.9 Å². The average molecular weight is 301 g/mol. The summed E-state index contributed by atoms with van der Waals surface area (Å²) in [5.41, 5.74) is 1.24. The fourth-order valence-electron chi connectivity index (χ4n) is 3.33.